The van der Waals surface area contributed by atoms with Crippen molar-refractivity contribution in [3.05, 3.63) is 96.6 Å². The van der Waals surface area contributed by atoms with Gasteiger partial charge in [0.2, 0.25) is 11.2 Å². The molecule has 0 bridgehead atoms. The molecule has 1 saturated carbocycles. The third-order valence-electron chi connectivity index (χ3n) is 10.6. The number of phenols is 1. The summed E-state index contributed by atoms with van der Waals surface area (Å²) in [5, 5.41) is 60.7. The molecule has 2 aromatic carbocycles. The number of rotatable bonds is 14. The Hall–Kier alpha value is -5.04. The number of H-pyrrole nitrogens is 2. The van der Waals surface area contributed by atoms with Crippen LogP contribution in [-0.4, -0.2) is 93.9 Å². The van der Waals surface area contributed by atoms with Crippen LogP contribution in [0.15, 0.2) is 70.2 Å². The maximum absolute atomic E-state index is 13.4. The number of hydrogen-bond acceptors (Lipinski definition) is 14. The quantitative estimate of drug-likeness (QED) is 0.0854. The number of nitrogens with one attached hydrogen (secondary N) is 3. The summed E-state index contributed by atoms with van der Waals surface area (Å²) in [6.07, 6.45) is 2.93. The molecular weight excluding hydrogens is 743 g/mol. The number of nitrogens with zero attached hydrogens (tertiary/aromatic N) is 6. The Morgan fingerprint density at radius 2 is 1.84 bits per heavy atom. The Morgan fingerprint density at radius 1 is 1.07 bits per heavy atom. The lowest BCUT2D eigenvalue weighted by Crippen LogP contribution is -2.42. The van der Waals surface area contributed by atoms with E-state index in [0.29, 0.717) is 50.9 Å². The zero-order valence-corrected chi connectivity index (χ0v) is 31.6. The minimum atomic E-state index is -1.79. The lowest BCUT2D eigenvalue weighted by molar-refractivity contribution is -0.169. The summed E-state index contributed by atoms with van der Waals surface area (Å²) in [6, 6.07) is 15.5. The molecule has 0 amide bonds. The largest absolute Gasteiger partial charge is 0.506 e. The lowest BCUT2D eigenvalue weighted by Gasteiger charge is -2.35. The molecule has 15 nitrogen and oxygen atoms in total. The predicted octanol–water partition coefficient (Wildman–Crippen LogP) is 4.31. The van der Waals surface area contributed by atoms with Crippen molar-refractivity contribution in [3.8, 4) is 5.75 Å². The van der Waals surface area contributed by atoms with E-state index in [2.05, 4.69) is 48.0 Å². The minimum absolute atomic E-state index is 0.0614. The molecule has 5 aromatic heterocycles. The second kappa shape index (κ2) is 15.6. The average Bonchev–Trinajstić information content (AvgIpc) is 4.03. The van der Waals surface area contributed by atoms with E-state index >= 15 is 0 Å². The van der Waals surface area contributed by atoms with Gasteiger partial charge < -0.3 is 35.3 Å². The summed E-state index contributed by atoms with van der Waals surface area (Å²) in [4.78, 5) is 31.3. The molecule has 286 valence electrons. The molecule has 0 aliphatic heterocycles. The van der Waals surface area contributed by atoms with Gasteiger partial charge in [-0.3, -0.25) is 9.89 Å². The Bertz CT molecular complexity index is 2440. The number of aromatic hydroxyl groups is 1. The van der Waals surface area contributed by atoms with Gasteiger partial charge >= 0.3 is 5.97 Å². The number of aryl methyl sites for hydroxylation is 1. The molecule has 17 heteroatoms. The molecule has 7 aromatic rings. The molecule has 55 heavy (non-hydrogen) atoms. The molecule has 1 atom stereocenters. The normalized spacial score (nSPS) is 17.1. The summed E-state index contributed by atoms with van der Waals surface area (Å²) in [5.41, 5.74) is 2.53. The van der Waals surface area contributed by atoms with Crippen LogP contribution < -0.4 is 10.9 Å². The van der Waals surface area contributed by atoms with Crippen LogP contribution in [0, 0.1) is 0 Å². The molecule has 1 aliphatic rings. The number of aliphatic hydroxyl groups is 2. The number of carbonyl (C=O) groups is 1. The third-order valence-corrected chi connectivity index (χ3v) is 12.5. The second-order valence-electron chi connectivity index (χ2n) is 14.0. The van der Waals surface area contributed by atoms with E-state index in [1.807, 2.05) is 33.6 Å². The van der Waals surface area contributed by atoms with Crippen molar-refractivity contribution in [1.82, 2.24) is 45.6 Å². The van der Waals surface area contributed by atoms with E-state index in [1.54, 1.807) is 24.3 Å². The van der Waals surface area contributed by atoms with E-state index in [9.17, 15) is 24.9 Å². The highest BCUT2D eigenvalue weighted by Crippen LogP contribution is 2.38. The molecule has 5 heterocycles. The predicted molar refractivity (Wildman–Crippen MR) is 209 cm³/mol. The Balaban J connectivity index is 0.847. The number of hydrogen-bond donors (Lipinski definition) is 6. The molecular formula is C38H41N9O6S2. The molecule has 0 radical (unpaired) electrons. The van der Waals surface area contributed by atoms with Crippen molar-refractivity contribution in [2.45, 2.75) is 69.0 Å². The maximum atomic E-state index is 13.4. The van der Waals surface area contributed by atoms with Crippen LogP contribution in [0.2, 0.25) is 0 Å². The number of pyridine rings is 1. The molecule has 1 fully saturated rings. The number of aromatic amines is 2. The van der Waals surface area contributed by atoms with Crippen LogP contribution in [0.1, 0.15) is 59.1 Å². The first kappa shape index (κ1) is 36.9. The van der Waals surface area contributed by atoms with E-state index in [4.69, 9.17) is 4.74 Å². The SMILES string of the molecule is CN(CCCn1nnc2cc(CNC[C@H](O)c3ccc(O)c4[nH]c(=O)ccc34)c3nn[nH]c3c21)[C@H]1CC[C@H](OC(=O)C(O)(c2cccs2)c2cccs2)CC1. The molecule has 6 N–H and O–H groups in total. The third kappa shape index (κ3) is 7.26. The summed E-state index contributed by atoms with van der Waals surface area (Å²) >= 11 is 2.69. The van der Waals surface area contributed by atoms with Crippen molar-refractivity contribution >= 4 is 61.6 Å². The van der Waals surface area contributed by atoms with Crippen molar-refractivity contribution in [2.75, 3.05) is 20.1 Å². The minimum Gasteiger partial charge on any atom is -0.506 e. The highest BCUT2D eigenvalue weighted by Gasteiger charge is 2.45. The van der Waals surface area contributed by atoms with Gasteiger partial charge in [0.05, 0.1) is 21.4 Å². The Morgan fingerprint density at radius 3 is 2.56 bits per heavy atom. The van der Waals surface area contributed by atoms with Gasteiger partial charge in [-0.15, -0.1) is 32.9 Å². The number of thiophene rings is 2. The number of benzene rings is 2. The molecule has 0 saturated heterocycles. The van der Waals surface area contributed by atoms with Gasteiger partial charge in [-0.1, -0.05) is 28.6 Å². The summed E-state index contributed by atoms with van der Waals surface area (Å²) in [6.45, 7) is 2.07. The van der Waals surface area contributed by atoms with Gasteiger partial charge in [-0.05, 0) is 97.9 Å². The Kier molecular flexibility index (Phi) is 10.5. The van der Waals surface area contributed by atoms with Crippen molar-refractivity contribution in [3.63, 3.8) is 0 Å². The van der Waals surface area contributed by atoms with Crippen molar-refractivity contribution in [2.24, 2.45) is 0 Å². The standard InChI is InChI=1S/C38H41N9O6S2/c1-46(23-7-9-24(10-8-23)53-37(51)38(52,30-5-2-17-54-30)31-6-3-18-55-31)15-4-16-47-36-27(41-45-47)19-22(33-35(36)43-44-42-33)20-39-21-29(49)25-11-13-28(48)34-26(25)12-14-32(50)40-34/h2-3,5-6,11-14,17-19,23-24,29,39,48-49,52H,4,7-10,15-16,20-21H2,1H3,(H,40,50)(H,42,43,44)/t23-,24-,29-/m0/s1. The van der Waals surface area contributed by atoms with Gasteiger partial charge in [-0.2, -0.15) is 0 Å². The summed E-state index contributed by atoms with van der Waals surface area (Å²) < 4.78 is 7.83. The topological polar surface area (TPSA) is 207 Å². The first-order chi connectivity index (χ1) is 26.7. The van der Waals surface area contributed by atoms with E-state index in [-0.39, 0.29) is 29.5 Å². The fraction of sp³-hybridized carbons (Fsp3) is 0.368. The molecule has 0 unspecified atom stereocenters. The molecule has 8 rings (SSSR count). The second-order valence-corrected chi connectivity index (χ2v) is 15.9. The number of carbonyl (C=O) groups excluding carboxylic acids is 1. The maximum Gasteiger partial charge on any atom is 0.349 e. The van der Waals surface area contributed by atoms with Crippen LogP contribution in [0.25, 0.3) is 33.0 Å². The lowest BCUT2D eigenvalue weighted by atomic mass is 9.91. The monoisotopic (exact) mass is 783 g/mol. The fourth-order valence-electron chi connectivity index (χ4n) is 7.61. The van der Waals surface area contributed by atoms with E-state index in [1.165, 1.54) is 34.8 Å². The van der Waals surface area contributed by atoms with Crippen LogP contribution in [0.3, 0.4) is 0 Å². The number of esters is 1. The van der Waals surface area contributed by atoms with Gasteiger partial charge in [0.1, 0.15) is 33.9 Å². The molecule has 1 aliphatic carbocycles. The van der Waals surface area contributed by atoms with Gasteiger partial charge in [-0.25, -0.2) is 9.48 Å². The van der Waals surface area contributed by atoms with Crippen molar-refractivity contribution in [1.29, 1.82) is 0 Å². The highest BCUT2D eigenvalue weighted by atomic mass is 32.1. The number of aliphatic hydroxyl groups excluding tert-OH is 1. The zero-order valence-electron chi connectivity index (χ0n) is 30.0. The van der Waals surface area contributed by atoms with Crippen molar-refractivity contribution < 1.29 is 24.9 Å². The number of aromatic nitrogens is 7. The van der Waals surface area contributed by atoms with Crippen LogP contribution in [-0.2, 0) is 28.2 Å². The summed E-state index contributed by atoms with van der Waals surface area (Å²) in [5.74, 6) is -0.675. The van der Waals surface area contributed by atoms with Gasteiger partial charge in [0.25, 0.3) is 0 Å². The Labute approximate surface area is 322 Å². The number of ether oxygens (including phenoxy) is 1. The number of fused-ring (bicyclic) bond motifs is 4. The average molecular weight is 784 g/mol. The fourth-order valence-corrected chi connectivity index (χ4v) is 9.32. The van der Waals surface area contributed by atoms with Gasteiger partial charge in [0.15, 0.2) is 0 Å². The van der Waals surface area contributed by atoms with E-state index < -0.39 is 17.7 Å². The van der Waals surface area contributed by atoms with Crippen LogP contribution in [0.5, 0.6) is 5.75 Å². The number of phenolic OH excluding ortho intramolecular Hbond substituents is 1. The molecule has 0 spiro atoms. The smallest absolute Gasteiger partial charge is 0.349 e. The zero-order chi connectivity index (χ0) is 38.1. The summed E-state index contributed by atoms with van der Waals surface area (Å²) in [7, 11) is 2.13. The first-order valence-electron chi connectivity index (χ1n) is 18.2. The highest BCUT2D eigenvalue weighted by molar-refractivity contribution is 7.12. The van der Waals surface area contributed by atoms with Crippen LogP contribution >= 0.6 is 22.7 Å². The van der Waals surface area contributed by atoms with Crippen LogP contribution in [0.4, 0.5) is 0 Å². The first-order valence-corrected chi connectivity index (χ1v) is 20.0. The van der Waals surface area contributed by atoms with E-state index in [0.717, 1.165) is 55.2 Å². The van der Waals surface area contributed by atoms with Gasteiger partial charge in [0, 0.05) is 37.1 Å².